The van der Waals surface area contributed by atoms with Gasteiger partial charge < -0.3 is 0 Å². The molecule has 21 heavy (non-hydrogen) atoms. The molecule has 0 heterocycles. The van der Waals surface area contributed by atoms with Crippen molar-refractivity contribution in [3.63, 3.8) is 0 Å². The Kier molecular flexibility index (Phi) is 5.85. The zero-order valence-corrected chi connectivity index (χ0v) is 13.7. The summed E-state index contributed by atoms with van der Waals surface area (Å²) in [5, 5.41) is 0. The number of rotatable bonds is 1. The molecule has 0 heteroatoms. The van der Waals surface area contributed by atoms with Gasteiger partial charge in [-0.3, -0.25) is 0 Å². The van der Waals surface area contributed by atoms with Crippen molar-refractivity contribution in [2.75, 3.05) is 0 Å². The highest BCUT2D eigenvalue weighted by atomic mass is 14.4. The summed E-state index contributed by atoms with van der Waals surface area (Å²) in [5.74, 6) is 4.30. The summed E-state index contributed by atoms with van der Waals surface area (Å²) in [6.45, 7) is 11.2. The summed E-state index contributed by atoms with van der Waals surface area (Å²) in [6.07, 6.45) is 21.1. The van der Waals surface area contributed by atoms with Crippen molar-refractivity contribution in [2.24, 2.45) is 29.6 Å². The van der Waals surface area contributed by atoms with E-state index in [2.05, 4.69) is 56.5 Å². The van der Waals surface area contributed by atoms with Crippen LogP contribution in [0.15, 0.2) is 61.3 Å². The molecule has 2 saturated carbocycles. The van der Waals surface area contributed by atoms with Crippen molar-refractivity contribution in [2.45, 2.75) is 39.5 Å². The van der Waals surface area contributed by atoms with Crippen LogP contribution in [0.3, 0.4) is 0 Å². The SMILES string of the molecule is C=CC.C=CC1CC2C=CC1C2.CC=C1CC2C=CC1C2. The number of hydrogen-bond donors (Lipinski definition) is 0. The molecule has 0 radical (unpaired) electrons. The molecule has 0 aromatic rings. The average molecular weight is 282 g/mol. The minimum Gasteiger partial charge on any atom is -0.103 e. The molecule has 0 aromatic heterocycles. The molecule has 5 atom stereocenters. The standard InChI is InChI=1S/2C9H12.C3H6/c2*1-2-8-5-7-3-4-9(8)6-7;1-3-2/h2-4,7,9H,5-6H2,1H3;2-4,7-9H,1,5-6H2;3H,1H2,2H3. The first-order valence-electron chi connectivity index (χ1n) is 8.43. The summed E-state index contributed by atoms with van der Waals surface area (Å²) in [5.41, 5.74) is 1.67. The van der Waals surface area contributed by atoms with Gasteiger partial charge in [0, 0.05) is 0 Å². The van der Waals surface area contributed by atoms with Crippen LogP contribution >= 0.6 is 0 Å². The molecule has 0 nitrogen and oxygen atoms in total. The van der Waals surface area contributed by atoms with Crippen LogP contribution in [0.2, 0.25) is 0 Å². The molecule has 0 saturated heterocycles. The normalized spacial score (nSPS) is 38.8. The van der Waals surface area contributed by atoms with Gasteiger partial charge in [-0.25, -0.2) is 0 Å². The lowest BCUT2D eigenvalue weighted by atomic mass is 9.94. The first-order valence-corrected chi connectivity index (χ1v) is 8.43. The molecule has 0 amide bonds. The predicted molar refractivity (Wildman–Crippen MR) is 94.0 cm³/mol. The Labute approximate surface area is 131 Å². The molecule has 0 spiro atoms. The minimum atomic E-state index is 0.806. The molecule has 2 fully saturated rings. The Morgan fingerprint density at radius 3 is 1.95 bits per heavy atom. The van der Waals surface area contributed by atoms with Gasteiger partial charge in [0.05, 0.1) is 0 Å². The van der Waals surface area contributed by atoms with Crippen LogP contribution in [0.1, 0.15) is 39.5 Å². The molecule has 0 N–H and O–H groups in total. The fourth-order valence-electron chi connectivity index (χ4n) is 4.08. The molecule has 5 unspecified atom stereocenters. The van der Waals surface area contributed by atoms with Crippen LogP contribution in [0.25, 0.3) is 0 Å². The summed E-state index contributed by atoms with van der Waals surface area (Å²) in [4.78, 5) is 0. The topological polar surface area (TPSA) is 0 Å². The van der Waals surface area contributed by atoms with E-state index in [0.29, 0.717) is 0 Å². The van der Waals surface area contributed by atoms with E-state index < -0.39 is 0 Å². The first-order chi connectivity index (χ1) is 10.2. The largest absolute Gasteiger partial charge is 0.103 e. The molecule has 0 aliphatic heterocycles. The second-order valence-electron chi connectivity index (χ2n) is 6.64. The number of allylic oxidation sites excluding steroid dienone is 8. The van der Waals surface area contributed by atoms with E-state index in [1.165, 1.54) is 25.7 Å². The van der Waals surface area contributed by atoms with Crippen molar-refractivity contribution >= 4 is 0 Å². The van der Waals surface area contributed by atoms with Crippen molar-refractivity contribution in [1.29, 1.82) is 0 Å². The predicted octanol–water partition coefficient (Wildman–Crippen LogP) is 6.11. The second kappa shape index (κ2) is 7.64. The fourth-order valence-corrected chi connectivity index (χ4v) is 4.08. The Hall–Kier alpha value is -1.30. The lowest BCUT2D eigenvalue weighted by molar-refractivity contribution is 0.551. The number of hydrogen-bond acceptors (Lipinski definition) is 0. The Morgan fingerprint density at radius 1 is 0.952 bits per heavy atom. The number of fused-ring (bicyclic) bond motifs is 4. The minimum absolute atomic E-state index is 0.806. The highest BCUT2D eigenvalue weighted by molar-refractivity contribution is 5.26. The molecular formula is C21H30. The van der Waals surface area contributed by atoms with E-state index >= 15 is 0 Å². The van der Waals surface area contributed by atoms with Crippen molar-refractivity contribution < 1.29 is 0 Å². The van der Waals surface area contributed by atoms with Crippen LogP contribution < -0.4 is 0 Å². The quantitative estimate of drug-likeness (QED) is 0.509. The van der Waals surface area contributed by atoms with Crippen LogP contribution in [-0.4, -0.2) is 0 Å². The zero-order chi connectivity index (χ0) is 15.2. The van der Waals surface area contributed by atoms with E-state index in [0.717, 1.165) is 29.6 Å². The van der Waals surface area contributed by atoms with Crippen molar-refractivity contribution in [3.05, 3.63) is 61.3 Å². The summed E-state index contributed by atoms with van der Waals surface area (Å²) in [6, 6.07) is 0. The van der Waals surface area contributed by atoms with E-state index in [1.54, 1.807) is 11.6 Å². The third kappa shape index (κ3) is 3.87. The lowest BCUT2D eigenvalue weighted by Crippen LogP contribution is -2.01. The molecule has 114 valence electrons. The summed E-state index contributed by atoms with van der Waals surface area (Å²) >= 11 is 0. The van der Waals surface area contributed by atoms with Gasteiger partial charge in [-0.15, -0.1) is 13.2 Å². The Bertz CT molecular complexity index is 449. The van der Waals surface area contributed by atoms with Crippen LogP contribution in [0.5, 0.6) is 0 Å². The van der Waals surface area contributed by atoms with Gasteiger partial charge in [0.25, 0.3) is 0 Å². The summed E-state index contributed by atoms with van der Waals surface area (Å²) in [7, 11) is 0. The van der Waals surface area contributed by atoms with E-state index in [-0.39, 0.29) is 0 Å². The molecular weight excluding hydrogens is 252 g/mol. The zero-order valence-electron chi connectivity index (χ0n) is 13.7. The van der Waals surface area contributed by atoms with Gasteiger partial charge in [0.2, 0.25) is 0 Å². The maximum atomic E-state index is 3.83. The fraction of sp³-hybridized carbons (Fsp3) is 0.524. The maximum absolute atomic E-state index is 3.83. The first kappa shape index (κ1) is 16.1. The maximum Gasteiger partial charge on any atom is -0.00174 e. The summed E-state index contributed by atoms with van der Waals surface area (Å²) < 4.78 is 0. The smallest absolute Gasteiger partial charge is 0.00174 e. The molecule has 4 bridgehead atoms. The highest BCUT2D eigenvalue weighted by Gasteiger charge is 2.33. The van der Waals surface area contributed by atoms with Gasteiger partial charge in [-0.2, -0.15) is 0 Å². The van der Waals surface area contributed by atoms with Crippen LogP contribution in [-0.2, 0) is 0 Å². The van der Waals surface area contributed by atoms with E-state index in [4.69, 9.17) is 0 Å². The van der Waals surface area contributed by atoms with Gasteiger partial charge in [-0.05, 0) is 69.1 Å². The van der Waals surface area contributed by atoms with Gasteiger partial charge in [-0.1, -0.05) is 48.1 Å². The van der Waals surface area contributed by atoms with Crippen LogP contribution in [0.4, 0.5) is 0 Å². The van der Waals surface area contributed by atoms with Gasteiger partial charge in [0.15, 0.2) is 0 Å². The van der Waals surface area contributed by atoms with E-state index in [1.807, 2.05) is 6.92 Å². The lowest BCUT2D eigenvalue weighted by Gasteiger charge is -2.11. The highest BCUT2D eigenvalue weighted by Crippen LogP contribution is 2.43. The molecule has 4 aliphatic rings. The molecule has 4 aliphatic carbocycles. The third-order valence-electron chi connectivity index (χ3n) is 5.15. The Balaban J connectivity index is 0.000000130. The Morgan fingerprint density at radius 2 is 1.67 bits per heavy atom. The van der Waals surface area contributed by atoms with Gasteiger partial charge in [0.1, 0.15) is 0 Å². The van der Waals surface area contributed by atoms with Crippen molar-refractivity contribution in [1.82, 2.24) is 0 Å². The van der Waals surface area contributed by atoms with Gasteiger partial charge >= 0.3 is 0 Å². The van der Waals surface area contributed by atoms with Crippen LogP contribution in [0, 0.1) is 29.6 Å². The monoisotopic (exact) mass is 282 g/mol. The van der Waals surface area contributed by atoms with E-state index in [9.17, 15) is 0 Å². The molecule has 0 aromatic carbocycles. The second-order valence-corrected chi connectivity index (χ2v) is 6.64. The molecule has 4 rings (SSSR count). The average Bonchev–Trinajstić information content (AvgIpc) is 3.27. The van der Waals surface area contributed by atoms with Crippen molar-refractivity contribution in [3.8, 4) is 0 Å². The third-order valence-corrected chi connectivity index (χ3v) is 5.15.